The minimum atomic E-state index is 0.183. The molecule has 1 aliphatic rings. The first-order chi connectivity index (χ1) is 8.12. The van der Waals surface area contributed by atoms with Crippen molar-refractivity contribution in [2.24, 2.45) is 5.41 Å². The van der Waals surface area contributed by atoms with Crippen molar-refractivity contribution in [2.75, 3.05) is 13.2 Å². The Morgan fingerprint density at radius 3 is 2.65 bits per heavy atom. The quantitative estimate of drug-likeness (QED) is 0.847. The van der Waals surface area contributed by atoms with Gasteiger partial charge in [-0.15, -0.1) is 0 Å². The Balaban J connectivity index is 2.19. The first-order valence-electron chi connectivity index (χ1n) is 6.52. The van der Waals surface area contributed by atoms with E-state index >= 15 is 0 Å². The lowest BCUT2D eigenvalue weighted by atomic mass is 9.95. The molecular formula is C15H23NO. The molecule has 1 N–H and O–H groups in total. The maximum absolute atomic E-state index is 6.15. The minimum absolute atomic E-state index is 0.183. The van der Waals surface area contributed by atoms with Crippen molar-refractivity contribution < 1.29 is 4.74 Å². The fourth-order valence-electron chi connectivity index (χ4n) is 2.33. The van der Waals surface area contributed by atoms with Crippen molar-refractivity contribution in [1.82, 2.24) is 5.32 Å². The molecule has 1 heterocycles. The molecule has 1 saturated heterocycles. The van der Waals surface area contributed by atoms with Gasteiger partial charge in [0.1, 0.15) is 0 Å². The zero-order valence-corrected chi connectivity index (χ0v) is 11.1. The van der Waals surface area contributed by atoms with Crippen LogP contribution in [0, 0.1) is 5.41 Å². The van der Waals surface area contributed by atoms with E-state index in [0.29, 0.717) is 6.04 Å². The molecule has 2 atom stereocenters. The van der Waals surface area contributed by atoms with Gasteiger partial charge < -0.3 is 10.1 Å². The van der Waals surface area contributed by atoms with Crippen molar-refractivity contribution in [1.29, 1.82) is 0 Å². The fourth-order valence-corrected chi connectivity index (χ4v) is 2.33. The molecule has 1 aromatic carbocycles. The van der Waals surface area contributed by atoms with Gasteiger partial charge in [0.2, 0.25) is 0 Å². The summed E-state index contributed by atoms with van der Waals surface area (Å²) in [6.45, 7) is 8.56. The van der Waals surface area contributed by atoms with Crippen LogP contribution in [0.3, 0.4) is 0 Å². The van der Waals surface area contributed by atoms with Crippen LogP contribution in [0.5, 0.6) is 0 Å². The summed E-state index contributed by atoms with van der Waals surface area (Å²) in [4.78, 5) is 0. The summed E-state index contributed by atoms with van der Waals surface area (Å²) in [6, 6.07) is 11.0. The fraction of sp³-hybridized carbons (Fsp3) is 0.600. The molecule has 1 fully saturated rings. The summed E-state index contributed by atoms with van der Waals surface area (Å²) in [7, 11) is 0. The van der Waals surface area contributed by atoms with E-state index < -0.39 is 0 Å². The number of ether oxygens (including phenoxy) is 1. The Morgan fingerprint density at radius 2 is 2.00 bits per heavy atom. The molecule has 0 radical (unpaired) electrons. The van der Waals surface area contributed by atoms with Crippen LogP contribution >= 0.6 is 0 Å². The molecule has 94 valence electrons. The van der Waals surface area contributed by atoms with E-state index in [1.807, 2.05) is 0 Å². The Hall–Kier alpha value is -0.860. The molecule has 1 aromatic rings. The number of nitrogens with one attached hydrogen (secondary N) is 1. The average Bonchev–Trinajstić information content (AvgIpc) is 2.49. The summed E-state index contributed by atoms with van der Waals surface area (Å²) in [6.07, 6.45) is 1.28. The van der Waals surface area contributed by atoms with E-state index in [4.69, 9.17) is 4.74 Å². The van der Waals surface area contributed by atoms with E-state index in [9.17, 15) is 0 Å². The Morgan fingerprint density at radius 1 is 1.29 bits per heavy atom. The molecule has 2 heteroatoms. The van der Waals surface area contributed by atoms with Gasteiger partial charge in [-0.3, -0.25) is 0 Å². The van der Waals surface area contributed by atoms with E-state index in [0.717, 1.165) is 19.6 Å². The van der Waals surface area contributed by atoms with E-state index in [2.05, 4.69) is 56.4 Å². The van der Waals surface area contributed by atoms with Crippen LogP contribution in [0.4, 0.5) is 0 Å². The molecule has 1 aliphatic heterocycles. The molecular weight excluding hydrogens is 210 g/mol. The molecule has 17 heavy (non-hydrogen) atoms. The highest BCUT2D eigenvalue weighted by Crippen LogP contribution is 2.29. The largest absolute Gasteiger partial charge is 0.371 e. The van der Waals surface area contributed by atoms with Crippen LogP contribution in [0.15, 0.2) is 30.3 Å². The molecule has 2 rings (SSSR count). The Kier molecular flexibility index (Phi) is 3.85. The summed E-state index contributed by atoms with van der Waals surface area (Å²) in [5, 5.41) is 3.65. The lowest BCUT2D eigenvalue weighted by molar-refractivity contribution is 0.00934. The zero-order chi connectivity index (χ0) is 12.3. The first-order valence-corrected chi connectivity index (χ1v) is 6.52. The molecule has 0 amide bonds. The summed E-state index contributed by atoms with van der Waals surface area (Å²) in [5.41, 5.74) is 1.50. The Bertz CT molecular complexity index is 347. The van der Waals surface area contributed by atoms with Crippen molar-refractivity contribution in [3.63, 3.8) is 0 Å². The zero-order valence-electron chi connectivity index (χ0n) is 11.1. The van der Waals surface area contributed by atoms with Gasteiger partial charge >= 0.3 is 0 Å². The predicted molar refractivity (Wildman–Crippen MR) is 71.0 cm³/mol. The van der Waals surface area contributed by atoms with E-state index in [1.54, 1.807) is 0 Å². The smallest absolute Gasteiger partial charge is 0.0977 e. The number of hydrogen-bond donors (Lipinski definition) is 1. The first kappa shape index (κ1) is 12.6. The van der Waals surface area contributed by atoms with Crippen molar-refractivity contribution in [2.45, 2.75) is 39.3 Å². The second-order valence-corrected chi connectivity index (χ2v) is 5.70. The molecule has 0 aliphatic carbocycles. The number of benzene rings is 1. The minimum Gasteiger partial charge on any atom is -0.371 e. The third-order valence-corrected chi connectivity index (χ3v) is 3.43. The van der Waals surface area contributed by atoms with Crippen LogP contribution in [0.1, 0.15) is 38.9 Å². The summed E-state index contributed by atoms with van der Waals surface area (Å²) in [5.74, 6) is 0. The second kappa shape index (κ2) is 5.19. The number of rotatable bonds is 2. The van der Waals surface area contributed by atoms with Gasteiger partial charge in [0, 0.05) is 18.0 Å². The predicted octanol–water partition coefficient (Wildman–Crippen LogP) is 3.15. The lowest BCUT2D eigenvalue weighted by Crippen LogP contribution is -2.37. The van der Waals surface area contributed by atoms with E-state index in [1.165, 1.54) is 5.56 Å². The van der Waals surface area contributed by atoms with Crippen molar-refractivity contribution in [3.8, 4) is 0 Å². The standard InChI is InChI=1S/C15H23NO/c1-4-13-14(12-8-6-5-7-9-12)17-11-15(2,3)10-16-13/h5-9,13-14,16H,4,10-11H2,1-3H3. The molecule has 2 unspecified atom stereocenters. The summed E-state index contributed by atoms with van der Waals surface area (Å²) >= 11 is 0. The lowest BCUT2D eigenvalue weighted by Gasteiger charge is -2.24. The molecule has 0 spiro atoms. The van der Waals surface area contributed by atoms with Gasteiger partial charge in [-0.25, -0.2) is 0 Å². The van der Waals surface area contributed by atoms with Gasteiger partial charge in [0.15, 0.2) is 0 Å². The topological polar surface area (TPSA) is 21.3 Å². The second-order valence-electron chi connectivity index (χ2n) is 5.70. The molecule has 0 saturated carbocycles. The third-order valence-electron chi connectivity index (χ3n) is 3.43. The van der Waals surface area contributed by atoms with Gasteiger partial charge in [-0.05, 0) is 12.0 Å². The van der Waals surface area contributed by atoms with Crippen LogP contribution in [0.25, 0.3) is 0 Å². The normalized spacial score (nSPS) is 28.6. The van der Waals surface area contributed by atoms with Gasteiger partial charge in [0.25, 0.3) is 0 Å². The number of hydrogen-bond acceptors (Lipinski definition) is 2. The van der Waals surface area contributed by atoms with Crippen LogP contribution in [0.2, 0.25) is 0 Å². The van der Waals surface area contributed by atoms with Crippen LogP contribution < -0.4 is 5.32 Å². The Labute approximate surface area is 104 Å². The molecule has 2 nitrogen and oxygen atoms in total. The maximum atomic E-state index is 6.15. The van der Waals surface area contributed by atoms with Gasteiger partial charge in [-0.2, -0.15) is 0 Å². The van der Waals surface area contributed by atoms with Gasteiger partial charge in [0.05, 0.1) is 12.7 Å². The monoisotopic (exact) mass is 233 g/mol. The SMILES string of the molecule is CCC1NCC(C)(C)COC1c1ccccc1. The molecule has 0 bridgehead atoms. The van der Waals surface area contributed by atoms with Gasteiger partial charge in [-0.1, -0.05) is 51.1 Å². The van der Waals surface area contributed by atoms with Crippen molar-refractivity contribution >= 4 is 0 Å². The third kappa shape index (κ3) is 3.08. The van der Waals surface area contributed by atoms with Crippen LogP contribution in [-0.4, -0.2) is 19.2 Å². The highest BCUT2D eigenvalue weighted by Gasteiger charge is 2.31. The molecule has 0 aromatic heterocycles. The maximum Gasteiger partial charge on any atom is 0.0977 e. The van der Waals surface area contributed by atoms with Crippen LogP contribution in [-0.2, 0) is 4.74 Å². The highest BCUT2D eigenvalue weighted by atomic mass is 16.5. The summed E-state index contributed by atoms with van der Waals surface area (Å²) < 4.78 is 6.15. The highest BCUT2D eigenvalue weighted by molar-refractivity contribution is 5.19. The van der Waals surface area contributed by atoms with Crippen molar-refractivity contribution in [3.05, 3.63) is 35.9 Å². The average molecular weight is 233 g/mol. The van der Waals surface area contributed by atoms with E-state index in [-0.39, 0.29) is 11.5 Å².